The number of rotatable bonds is 0. The monoisotopic (exact) mass is 177 g/mol. The lowest BCUT2D eigenvalue weighted by Gasteiger charge is -2.08. The van der Waals surface area contributed by atoms with E-state index in [0.717, 1.165) is 11.3 Å². The van der Waals surface area contributed by atoms with Crippen LogP contribution in [0.2, 0.25) is 0 Å². The normalized spacial score (nSPS) is 15.3. The molecule has 0 spiro atoms. The third kappa shape index (κ3) is 1.49. The van der Waals surface area contributed by atoms with Crippen molar-refractivity contribution in [2.45, 2.75) is 13.3 Å². The van der Waals surface area contributed by atoms with Gasteiger partial charge in [-0.3, -0.25) is 4.79 Å². The topological polar surface area (TPSA) is 38.3 Å². The average molecular weight is 177 g/mol. The van der Waals surface area contributed by atoms with E-state index in [9.17, 15) is 4.79 Å². The van der Waals surface area contributed by atoms with Crippen molar-refractivity contribution < 1.29 is 9.53 Å². The number of hydrogen-bond acceptors (Lipinski definition) is 3. The van der Waals surface area contributed by atoms with Crippen LogP contribution in [0, 0.1) is 6.92 Å². The van der Waals surface area contributed by atoms with Gasteiger partial charge in [-0.25, -0.2) is 0 Å². The Bertz CT molecular complexity index is 347. The van der Waals surface area contributed by atoms with Crippen LogP contribution in [0.5, 0.6) is 5.75 Å². The maximum atomic E-state index is 11.1. The maximum Gasteiger partial charge on any atom is 0.313 e. The van der Waals surface area contributed by atoms with E-state index in [1.54, 1.807) is 6.07 Å². The number of aryl methyl sites for hydroxylation is 1. The van der Waals surface area contributed by atoms with Crippen molar-refractivity contribution in [1.29, 1.82) is 0 Å². The lowest BCUT2D eigenvalue weighted by molar-refractivity contribution is -0.133. The van der Waals surface area contributed by atoms with Gasteiger partial charge < -0.3 is 10.1 Å². The first kappa shape index (κ1) is 8.10. The molecule has 0 fully saturated rings. The van der Waals surface area contributed by atoms with Crippen molar-refractivity contribution in [2.24, 2.45) is 0 Å². The molecule has 1 aromatic rings. The standard InChI is InChI=1S/C10H11NO2/c1-7-3-2-4-8-10(7)11-6-5-9(12)13-8/h2-4,11H,5-6H2,1H3. The van der Waals surface area contributed by atoms with E-state index in [4.69, 9.17) is 4.74 Å². The molecular weight excluding hydrogens is 166 g/mol. The third-order valence-corrected chi connectivity index (χ3v) is 2.09. The Morgan fingerprint density at radius 3 is 3.15 bits per heavy atom. The first-order valence-electron chi connectivity index (χ1n) is 4.31. The first-order valence-corrected chi connectivity index (χ1v) is 4.31. The minimum atomic E-state index is -0.170. The van der Waals surface area contributed by atoms with E-state index in [1.807, 2.05) is 19.1 Å². The van der Waals surface area contributed by atoms with E-state index < -0.39 is 0 Å². The van der Waals surface area contributed by atoms with Gasteiger partial charge in [0.05, 0.1) is 12.1 Å². The maximum absolute atomic E-state index is 11.1. The van der Waals surface area contributed by atoms with Gasteiger partial charge in [-0.15, -0.1) is 0 Å². The van der Waals surface area contributed by atoms with Crippen molar-refractivity contribution in [3.8, 4) is 5.75 Å². The zero-order valence-corrected chi connectivity index (χ0v) is 7.46. The van der Waals surface area contributed by atoms with Crippen LogP contribution in [0.1, 0.15) is 12.0 Å². The minimum absolute atomic E-state index is 0.170. The second-order valence-corrected chi connectivity index (χ2v) is 3.10. The molecule has 0 radical (unpaired) electrons. The Morgan fingerprint density at radius 1 is 1.46 bits per heavy atom. The van der Waals surface area contributed by atoms with Gasteiger partial charge in [0.1, 0.15) is 0 Å². The van der Waals surface area contributed by atoms with Crippen molar-refractivity contribution >= 4 is 11.7 Å². The second kappa shape index (κ2) is 3.09. The zero-order chi connectivity index (χ0) is 9.26. The molecule has 0 bridgehead atoms. The van der Waals surface area contributed by atoms with Crippen LogP contribution >= 0.6 is 0 Å². The van der Waals surface area contributed by atoms with Crippen LogP contribution in [0.15, 0.2) is 18.2 Å². The summed E-state index contributed by atoms with van der Waals surface area (Å²) >= 11 is 0. The second-order valence-electron chi connectivity index (χ2n) is 3.10. The molecule has 2 rings (SSSR count). The molecule has 0 saturated carbocycles. The number of fused-ring (bicyclic) bond motifs is 1. The molecule has 0 aromatic heterocycles. The molecule has 1 aromatic carbocycles. The van der Waals surface area contributed by atoms with Gasteiger partial charge in [0.15, 0.2) is 5.75 Å². The van der Waals surface area contributed by atoms with Crippen LogP contribution in [0.4, 0.5) is 5.69 Å². The van der Waals surface area contributed by atoms with Crippen LogP contribution in [0.25, 0.3) is 0 Å². The highest BCUT2D eigenvalue weighted by Gasteiger charge is 2.14. The van der Waals surface area contributed by atoms with Gasteiger partial charge in [0.2, 0.25) is 0 Å². The van der Waals surface area contributed by atoms with Gasteiger partial charge in [0.25, 0.3) is 0 Å². The average Bonchev–Trinajstić information content (AvgIpc) is 2.27. The Hall–Kier alpha value is -1.51. The fourth-order valence-corrected chi connectivity index (χ4v) is 1.42. The smallest absolute Gasteiger partial charge is 0.313 e. The third-order valence-electron chi connectivity index (χ3n) is 2.09. The predicted molar refractivity (Wildman–Crippen MR) is 49.9 cm³/mol. The number of anilines is 1. The van der Waals surface area contributed by atoms with Crippen molar-refractivity contribution in [3.63, 3.8) is 0 Å². The highest BCUT2D eigenvalue weighted by Crippen LogP contribution is 2.29. The Morgan fingerprint density at radius 2 is 2.31 bits per heavy atom. The van der Waals surface area contributed by atoms with Crippen molar-refractivity contribution in [3.05, 3.63) is 23.8 Å². The summed E-state index contributed by atoms with van der Waals surface area (Å²) in [6.45, 7) is 2.64. The first-order chi connectivity index (χ1) is 6.27. The van der Waals surface area contributed by atoms with Gasteiger partial charge in [0, 0.05) is 6.54 Å². The number of para-hydroxylation sites is 1. The Balaban J connectivity index is 2.45. The minimum Gasteiger partial charge on any atom is -0.424 e. The molecule has 0 amide bonds. The summed E-state index contributed by atoms with van der Waals surface area (Å²) in [5.74, 6) is 0.472. The number of carbonyl (C=O) groups is 1. The number of esters is 1. The van der Waals surface area contributed by atoms with Gasteiger partial charge in [-0.05, 0) is 18.6 Å². The molecule has 0 aliphatic carbocycles. The van der Waals surface area contributed by atoms with E-state index in [2.05, 4.69) is 5.32 Å². The Kier molecular flexibility index (Phi) is 1.93. The van der Waals surface area contributed by atoms with E-state index in [0.29, 0.717) is 18.7 Å². The molecule has 1 aliphatic rings. The summed E-state index contributed by atoms with van der Waals surface area (Å²) in [5.41, 5.74) is 2.04. The fraction of sp³-hybridized carbons (Fsp3) is 0.300. The van der Waals surface area contributed by atoms with Gasteiger partial charge in [-0.1, -0.05) is 12.1 Å². The zero-order valence-electron chi connectivity index (χ0n) is 7.46. The largest absolute Gasteiger partial charge is 0.424 e. The van der Waals surface area contributed by atoms with Crippen LogP contribution in [-0.2, 0) is 4.79 Å². The Labute approximate surface area is 76.7 Å². The van der Waals surface area contributed by atoms with E-state index in [1.165, 1.54) is 0 Å². The number of ether oxygens (including phenoxy) is 1. The molecule has 13 heavy (non-hydrogen) atoms. The molecule has 0 unspecified atom stereocenters. The number of benzene rings is 1. The number of hydrogen-bond donors (Lipinski definition) is 1. The van der Waals surface area contributed by atoms with Gasteiger partial charge in [-0.2, -0.15) is 0 Å². The molecule has 1 N–H and O–H groups in total. The lowest BCUT2D eigenvalue weighted by Crippen LogP contribution is -2.08. The summed E-state index contributed by atoms with van der Waals surface area (Å²) in [6.07, 6.45) is 0.425. The summed E-state index contributed by atoms with van der Waals surface area (Å²) in [6, 6.07) is 5.68. The quantitative estimate of drug-likeness (QED) is 0.484. The molecule has 1 aliphatic heterocycles. The van der Waals surface area contributed by atoms with E-state index >= 15 is 0 Å². The lowest BCUT2D eigenvalue weighted by atomic mass is 10.2. The molecule has 0 saturated heterocycles. The highest BCUT2D eigenvalue weighted by molar-refractivity contribution is 5.78. The predicted octanol–water partition coefficient (Wildman–Crippen LogP) is 1.72. The number of nitrogens with one attached hydrogen (secondary N) is 1. The van der Waals surface area contributed by atoms with E-state index in [-0.39, 0.29) is 5.97 Å². The van der Waals surface area contributed by atoms with Crippen molar-refractivity contribution in [2.75, 3.05) is 11.9 Å². The van der Waals surface area contributed by atoms with Gasteiger partial charge >= 0.3 is 5.97 Å². The van der Waals surface area contributed by atoms with Crippen LogP contribution in [0.3, 0.4) is 0 Å². The molecule has 3 heteroatoms. The molecule has 68 valence electrons. The van der Waals surface area contributed by atoms with Crippen LogP contribution in [-0.4, -0.2) is 12.5 Å². The summed E-state index contributed by atoms with van der Waals surface area (Å²) in [4.78, 5) is 11.1. The molecular formula is C10H11NO2. The molecule has 0 atom stereocenters. The molecule has 1 heterocycles. The SMILES string of the molecule is Cc1cccc2c1NCCC(=O)O2. The highest BCUT2D eigenvalue weighted by atomic mass is 16.5. The van der Waals surface area contributed by atoms with Crippen LogP contribution < -0.4 is 10.1 Å². The molecule has 3 nitrogen and oxygen atoms in total. The summed E-state index contributed by atoms with van der Waals surface area (Å²) < 4.78 is 5.14. The summed E-state index contributed by atoms with van der Waals surface area (Å²) in [5, 5.41) is 3.18. The van der Waals surface area contributed by atoms with Crippen molar-refractivity contribution in [1.82, 2.24) is 0 Å². The summed E-state index contributed by atoms with van der Waals surface area (Å²) in [7, 11) is 0. The number of carbonyl (C=O) groups excluding carboxylic acids is 1. The fourth-order valence-electron chi connectivity index (χ4n) is 1.42.